The van der Waals surface area contributed by atoms with Crippen LogP contribution in [0.5, 0.6) is 0 Å². The van der Waals surface area contributed by atoms with Crippen molar-refractivity contribution < 1.29 is 42.3 Å². The van der Waals surface area contributed by atoms with E-state index in [2.05, 4.69) is 0 Å². The van der Waals surface area contributed by atoms with Crippen molar-refractivity contribution in [2.75, 3.05) is 0 Å². The summed E-state index contributed by atoms with van der Waals surface area (Å²) >= 11 is 0. The third-order valence-corrected chi connectivity index (χ3v) is 0. The summed E-state index contributed by atoms with van der Waals surface area (Å²) in [5.41, 5.74) is 0. The Labute approximate surface area is 64.9 Å². The van der Waals surface area contributed by atoms with E-state index in [1.807, 2.05) is 0 Å². The second-order valence-corrected chi connectivity index (χ2v) is 0. The SMILES string of the molecule is [Cr].[MgH+].[OH-].[Zn]. The van der Waals surface area contributed by atoms with Crippen molar-refractivity contribution in [1.82, 2.24) is 0 Å². The van der Waals surface area contributed by atoms with Gasteiger partial charge in [0, 0.05) is 36.8 Å². The van der Waals surface area contributed by atoms with Crippen LogP contribution in [-0.2, 0) is 36.8 Å². The summed E-state index contributed by atoms with van der Waals surface area (Å²) in [4.78, 5) is 0. The van der Waals surface area contributed by atoms with Gasteiger partial charge in [0.1, 0.15) is 0 Å². The van der Waals surface area contributed by atoms with Crippen LogP contribution in [0, 0.1) is 0 Å². The van der Waals surface area contributed by atoms with Crippen LogP contribution in [0.25, 0.3) is 0 Å². The Morgan fingerprint density at radius 3 is 1.00 bits per heavy atom. The molecule has 0 radical (unpaired) electrons. The third-order valence-electron chi connectivity index (χ3n) is 0. The molecule has 1 N–H and O–H groups in total. The maximum Gasteiger partial charge on any atom is 0 e. The fourth-order valence-electron chi connectivity index (χ4n) is 0. The summed E-state index contributed by atoms with van der Waals surface area (Å²) in [7, 11) is 0. The van der Waals surface area contributed by atoms with Crippen molar-refractivity contribution in [2.24, 2.45) is 0 Å². The van der Waals surface area contributed by atoms with Crippen molar-refractivity contribution in [1.29, 1.82) is 0 Å². The molecule has 0 rings (SSSR count). The van der Waals surface area contributed by atoms with Crippen LogP contribution in [0.2, 0.25) is 0 Å². The molecule has 0 aromatic rings. The number of hydrogen-bond donors (Lipinski definition) is 0. The summed E-state index contributed by atoms with van der Waals surface area (Å²) in [6, 6.07) is 0. The van der Waals surface area contributed by atoms with Gasteiger partial charge >= 0.3 is 23.1 Å². The van der Waals surface area contributed by atoms with Gasteiger partial charge in [-0.05, 0) is 0 Å². The Morgan fingerprint density at radius 2 is 1.00 bits per heavy atom. The van der Waals surface area contributed by atoms with Gasteiger partial charge in [-0.15, -0.1) is 0 Å². The normalized spacial score (nSPS) is 0. The molecule has 0 saturated heterocycles. The van der Waals surface area contributed by atoms with Gasteiger partial charge in [0.15, 0.2) is 0 Å². The van der Waals surface area contributed by atoms with E-state index < -0.39 is 0 Å². The molecular formula is H2CrMgOZn. The average Bonchev–Trinajstić information content (AvgIpc) is 0. The molecule has 0 amide bonds. The maximum atomic E-state index is 0. The molecule has 0 aliphatic rings. The van der Waals surface area contributed by atoms with Gasteiger partial charge in [-0.2, -0.15) is 0 Å². The minimum atomic E-state index is 0. The van der Waals surface area contributed by atoms with E-state index in [0.717, 1.165) is 0 Å². The topological polar surface area (TPSA) is 30.0 Å². The molecule has 0 spiro atoms. The molecule has 0 fully saturated rings. The van der Waals surface area contributed by atoms with Crippen molar-refractivity contribution in [3.63, 3.8) is 0 Å². The molecule has 0 aromatic carbocycles. The van der Waals surface area contributed by atoms with Gasteiger partial charge in [0.2, 0.25) is 0 Å². The first-order valence-electron chi connectivity index (χ1n) is 0. The van der Waals surface area contributed by atoms with E-state index >= 15 is 0 Å². The predicted molar refractivity (Wildman–Crippen MR) is 9.08 cm³/mol. The fourth-order valence-corrected chi connectivity index (χ4v) is 0. The average molecular weight is 160 g/mol. The molecule has 0 bridgehead atoms. The van der Waals surface area contributed by atoms with Crippen molar-refractivity contribution in [2.45, 2.75) is 0 Å². The Hall–Kier alpha value is 1.88. The van der Waals surface area contributed by atoms with E-state index in [0.29, 0.717) is 0 Å². The van der Waals surface area contributed by atoms with E-state index in [9.17, 15) is 0 Å². The maximum absolute atomic E-state index is 0. The van der Waals surface area contributed by atoms with Crippen LogP contribution in [0.3, 0.4) is 0 Å². The first kappa shape index (κ1) is 39.6. The van der Waals surface area contributed by atoms with Crippen molar-refractivity contribution >= 4 is 23.1 Å². The minimum absolute atomic E-state index is 0. The number of hydrogen-bond acceptors (Lipinski definition) is 1. The van der Waals surface area contributed by atoms with Gasteiger partial charge in [-0.3, -0.25) is 0 Å². The zero-order valence-electron chi connectivity index (χ0n) is 2.56. The molecule has 0 heterocycles. The van der Waals surface area contributed by atoms with E-state index in [1.54, 1.807) is 0 Å². The monoisotopic (exact) mass is 158 g/mol. The van der Waals surface area contributed by atoms with Gasteiger partial charge in [0.25, 0.3) is 0 Å². The van der Waals surface area contributed by atoms with Crippen LogP contribution in [0.4, 0.5) is 0 Å². The largest absolute Gasteiger partial charge is 0.870 e. The summed E-state index contributed by atoms with van der Waals surface area (Å²) in [6.45, 7) is 0. The molecule has 0 aromatic heterocycles. The predicted octanol–water partition coefficient (Wildman–Crippen LogP) is -0.830. The molecule has 1 nitrogen and oxygen atoms in total. The summed E-state index contributed by atoms with van der Waals surface area (Å²) in [5, 5.41) is 0. The molecule has 0 saturated carbocycles. The summed E-state index contributed by atoms with van der Waals surface area (Å²) < 4.78 is 0. The Kier molecular flexibility index (Phi) is 206. The van der Waals surface area contributed by atoms with Gasteiger partial charge in [-0.1, -0.05) is 0 Å². The first-order valence-corrected chi connectivity index (χ1v) is 0. The Balaban J connectivity index is 0. The summed E-state index contributed by atoms with van der Waals surface area (Å²) in [5.74, 6) is 0. The minimum Gasteiger partial charge on any atom is -0.870 e. The third kappa shape index (κ3) is 9.10. The number of rotatable bonds is 0. The Bertz CT molecular complexity index is 8.00. The molecule has 0 aliphatic carbocycles. The van der Waals surface area contributed by atoms with E-state index in [1.165, 1.54) is 0 Å². The standard InChI is InChI=1S/Cr.Mg.H2O.Zn.H/h;;1H2;;/q;+1;;;/p-1. The van der Waals surface area contributed by atoms with Crippen LogP contribution in [0.15, 0.2) is 0 Å². The molecule has 0 aliphatic heterocycles. The van der Waals surface area contributed by atoms with E-state index in [4.69, 9.17) is 0 Å². The first-order chi connectivity index (χ1) is 0. The molecule has 4 heteroatoms. The zero-order valence-corrected chi connectivity index (χ0v) is 8.80. The molecule has 0 unspecified atom stereocenters. The van der Waals surface area contributed by atoms with Crippen molar-refractivity contribution in [3.8, 4) is 0 Å². The molecule has 4 heavy (non-hydrogen) atoms. The fraction of sp³-hybridized carbons (Fsp3) is 0. The second-order valence-electron chi connectivity index (χ2n) is 0. The van der Waals surface area contributed by atoms with Crippen molar-refractivity contribution in [3.05, 3.63) is 0 Å². The quantitative estimate of drug-likeness (QED) is 0.425. The van der Waals surface area contributed by atoms with Gasteiger partial charge < -0.3 is 5.48 Å². The zero-order chi connectivity index (χ0) is 0. The summed E-state index contributed by atoms with van der Waals surface area (Å²) in [6.07, 6.45) is 0. The smallest absolute Gasteiger partial charge is 0 e. The van der Waals surface area contributed by atoms with Crippen LogP contribution in [0.1, 0.15) is 0 Å². The van der Waals surface area contributed by atoms with Crippen LogP contribution in [-0.4, -0.2) is 28.5 Å². The molecule has 18 valence electrons. The second kappa shape index (κ2) is 20.8. The van der Waals surface area contributed by atoms with Gasteiger partial charge in [0.05, 0.1) is 0 Å². The molecular weight excluding hydrogens is 158 g/mol. The van der Waals surface area contributed by atoms with Gasteiger partial charge in [-0.25, -0.2) is 0 Å². The molecule has 0 atom stereocenters. The van der Waals surface area contributed by atoms with Crippen LogP contribution < -0.4 is 0 Å². The Morgan fingerprint density at radius 1 is 1.00 bits per heavy atom. The van der Waals surface area contributed by atoms with Crippen LogP contribution >= 0.6 is 0 Å². The van der Waals surface area contributed by atoms with E-state index in [-0.39, 0.29) is 65.4 Å².